The van der Waals surface area contributed by atoms with E-state index in [2.05, 4.69) is 0 Å². The molecule has 0 fully saturated rings. The summed E-state index contributed by atoms with van der Waals surface area (Å²) in [4.78, 5) is 22.5. The van der Waals surface area contributed by atoms with Gasteiger partial charge in [-0.15, -0.1) is 0 Å². The maximum absolute atomic E-state index is 11.5. The van der Waals surface area contributed by atoms with Crippen LogP contribution in [0.15, 0.2) is 24.3 Å². The summed E-state index contributed by atoms with van der Waals surface area (Å²) in [7, 11) is 0. The van der Waals surface area contributed by atoms with Crippen LogP contribution in [0.25, 0.3) is 0 Å². The van der Waals surface area contributed by atoms with Crippen molar-refractivity contribution in [2.75, 3.05) is 13.2 Å². The summed E-state index contributed by atoms with van der Waals surface area (Å²) in [5.41, 5.74) is 1.14. The number of hydrogen-bond donors (Lipinski definition) is 0. The van der Waals surface area contributed by atoms with Gasteiger partial charge >= 0.3 is 5.97 Å². The Balaban J connectivity index is 2.24. The number of aryl methyl sites for hydroxylation is 1. The number of ether oxygens (including phenoxy) is 2. The molecule has 0 radical (unpaired) electrons. The normalized spacial score (nSPS) is 9.89. The van der Waals surface area contributed by atoms with E-state index in [1.54, 1.807) is 6.92 Å². The van der Waals surface area contributed by atoms with Gasteiger partial charge in [-0.2, -0.15) is 0 Å². The van der Waals surface area contributed by atoms with E-state index in [1.165, 1.54) is 0 Å². The Labute approximate surface area is 107 Å². The lowest BCUT2D eigenvalue weighted by Crippen LogP contribution is -2.14. The quantitative estimate of drug-likeness (QED) is 0.697. The Kier molecular flexibility index (Phi) is 5.91. The highest BCUT2D eigenvalue weighted by Gasteiger charge is 2.08. The second-order valence-electron chi connectivity index (χ2n) is 3.95. The largest absolute Gasteiger partial charge is 0.486 e. The molecule has 0 aliphatic carbocycles. The molecule has 1 rings (SSSR count). The third-order valence-corrected chi connectivity index (χ3v) is 2.33. The molecule has 18 heavy (non-hydrogen) atoms. The molecule has 0 saturated carbocycles. The summed E-state index contributed by atoms with van der Waals surface area (Å²) in [6, 6.07) is 7.46. The van der Waals surface area contributed by atoms with Gasteiger partial charge in [0, 0.05) is 6.42 Å². The van der Waals surface area contributed by atoms with Crippen LogP contribution < -0.4 is 4.74 Å². The average Bonchev–Trinajstić information content (AvgIpc) is 2.36. The van der Waals surface area contributed by atoms with Gasteiger partial charge in [0.15, 0.2) is 5.78 Å². The zero-order valence-corrected chi connectivity index (χ0v) is 10.8. The van der Waals surface area contributed by atoms with Gasteiger partial charge in [-0.3, -0.25) is 9.59 Å². The van der Waals surface area contributed by atoms with Crippen LogP contribution in [-0.4, -0.2) is 25.0 Å². The fourth-order valence-electron chi connectivity index (χ4n) is 1.35. The van der Waals surface area contributed by atoms with Gasteiger partial charge in [0.2, 0.25) is 0 Å². The fourth-order valence-corrected chi connectivity index (χ4v) is 1.35. The number of benzene rings is 1. The van der Waals surface area contributed by atoms with Crippen LogP contribution in [-0.2, 0) is 14.3 Å². The molecule has 0 N–H and O–H groups in total. The minimum absolute atomic E-state index is 0.0114. The predicted molar refractivity (Wildman–Crippen MR) is 67.5 cm³/mol. The summed E-state index contributed by atoms with van der Waals surface area (Å²) in [5.74, 6) is 0.204. The summed E-state index contributed by atoms with van der Waals surface area (Å²) >= 11 is 0. The van der Waals surface area contributed by atoms with Crippen LogP contribution in [0.5, 0.6) is 5.75 Å². The Morgan fingerprint density at radius 2 is 1.78 bits per heavy atom. The number of hydrogen-bond acceptors (Lipinski definition) is 4. The SMILES string of the molecule is CCOC(=O)CCC(=O)COc1ccc(C)cc1. The van der Waals surface area contributed by atoms with Crippen molar-refractivity contribution in [2.45, 2.75) is 26.7 Å². The minimum atomic E-state index is -0.346. The van der Waals surface area contributed by atoms with E-state index < -0.39 is 0 Å². The number of rotatable bonds is 7. The van der Waals surface area contributed by atoms with E-state index in [1.807, 2.05) is 31.2 Å². The van der Waals surface area contributed by atoms with Gasteiger partial charge < -0.3 is 9.47 Å². The van der Waals surface area contributed by atoms with E-state index in [4.69, 9.17) is 9.47 Å². The summed E-state index contributed by atoms with van der Waals surface area (Å²) < 4.78 is 10.0. The average molecular weight is 250 g/mol. The highest BCUT2D eigenvalue weighted by atomic mass is 16.5. The lowest BCUT2D eigenvalue weighted by Gasteiger charge is -2.05. The summed E-state index contributed by atoms with van der Waals surface area (Å²) in [6.45, 7) is 4.05. The van der Waals surface area contributed by atoms with Crippen molar-refractivity contribution >= 4 is 11.8 Å². The predicted octanol–water partition coefficient (Wildman–Crippen LogP) is 2.29. The first kappa shape index (κ1) is 14.2. The van der Waals surface area contributed by atoms with Crippen molar-refractivity contribution in [3.63, 3.8) is 0 Å². The monoisotopic (exact) mass is 250 g/mol. The molecule has 0 atom stereocenters. The Morgan fingerprint density at radius 3 is 2.39 bits per heavy atom. The zero-order valence-electron chi connectivity index (χ0n) is 10.8. The van der Waals surface area contributed by atoms with Gasteiger partial charge in [0.25, 0.3) is 0 Å². The molecule has 4 heteroatoms. The van der Waals surface area contributed by atoms with Crippen molar-refractivity contribution in [3.05, 3.63) is 29.8 Å². The number of carbonyl (C=O) groups is 2. The molecule has 0 bridgehead atoms. The van der Waals surface area contributed by atoms with E-state index in [0.717, 1.165) is 5.56 Å². The van der Waals surface area contributed by atoms with Crippen molar-refractivity contribution in [1.29, 1.82) is 0 Å². The molecule has 0 amide bonds. The number of Topliss-reactive ketones (excluding diaryl/α,β-unsaturated/α-hetero) is 1. The second kappa shape index (κ2) is 7.48. The maximum atomic E-state index is 11.5. The molecule has 0 aliphatic heterocycles. The Hall–Kier alpha value is -1.84. The third-order valence-electron chi connectivity index (χ3n) is 2.33. The van der Waals surface area contributed by atoms with E-state index in [0.29, 0.717) is 12.4 Å². The molecule has 0 spiro atoms. The molecule has 0 saturated heterocycles. The van der Waals surface area contributed by atoms with Gasteiger partial charge in [0.05, 0.1) is 13.0 Å². The molecule has 0 heterocycles. The molecular formula is C14H18O4. The molecule has 1 aromatic rings. The lowest BCUT2D eigenvalue weighted by molar-refractivity contribution is -0.144. The van der Waals surface area contributed by atoms with Gasteiger partial charge in [0.1, 0.15) is 12.4 Å². The van der Waals surface area contributed by atoms with Crippen molar-refractivity contribution in [2.24, 2.45) is 0 Å². The topological polar surface area (TPSA) is 52.6 Å². The van der Waals surface area contributed by atoms with E-state index in [-0.39, 0.29) is 31.2 Å². The first-order chi connectivity index (χ1) is 8.61. The zero-order chi connectivity index (χ0) is 13.4. The fraction of sp³-hybridized carbons (Fsp3) is 0.429. The maximum Gasteiger partial charge on any atom is 0.306 e. The Bertz CT molecular complexity index is 395. The first-order valence-corrected chi connectivity index (χ1v) is 5.98. The molecule has 0 unspecified atom stereocenters. The number of esters is 1. The van der Waals surface area contributed by atoms with Gasteiger partial charge in [-0.05, 0) is 26.0 Å². The molecule has 1 aromatic carbocycles. The van der Waals surface area contributed by atoms with Crippen molar-refractivity contribution in [1.82, 2.24) is 0 Å². The summed E-state index contributed by atoms with van der Waals surface area (Å²) in [5, 5.41) is 0. The van der Waals surface area contributed by atoms with Gasteiger partial charge in [-0.25, -0.2) is 0 Å². The van der Waals surface area contributed by atoms with Crippen LogP contribution in [0.3, 0.4) is 0 Å². The van der Waals surface area contributed by atoms with Crippen LogP contribution in [0.1, 0.15) is 25.3 Å². The van der Waals surface area contributed by atoms with Crippen LogP contribution >= 0.6 is 0 Å². The lowest BCUT2D eigenvalue weighted by atomic mass is 10.2. The summed E-state index contributed by atoms with van der Waals surface area (Å²) in [6.07, 6.45) is 0.272. The molecule has 0 aliphatic rings. The van der Waals surface area contributed by atoms with Crippen molar-refractivity contribution < 1.29 is 19.1 Å². The van der Waals surface area contributed by atoms with Crippen LogP contribution in [0.4, 0.5) is 0 Å². The van der Waals surface area contributed by atoms with Crippen molar-refractivity contribution in [3.8, 4) is 5.75 Å². The molecular weight excluding hydrogens is 232 g/mol. The highest BCUT2D eigenvalue weighted by molar-refractivity contribution is 5.84. The molecule has 4 nitrogen and oxygen atoms in total. The Morgan fingerprint density at radius 1 is 1.11 bits per heavy atom. The van der Waals surface area contributed by atoms with Gasteiger partial charge in [-0.1, -0.05) is 17.7 Å². The number of ketones is 1. The third kappa shape index (κ3) is 5.48. The second-order valence-corrected chi connectivity index (χ2v) is 3.95. The smallest absolute Gasteiger partial charge is 0.306 e. The molecule has 0 aromatic heterocycles. The highest BCUT2D eigenvalue weighted by Crippen LogP contribution is 2.11. The van der Waals surface area contributed by atoms with E-state index in [9.17, 15) is 9.59 Å². The van der Waals surface area contributed by atoms with Crippen LogP contribution in [0, 0.1) is 6.92 Å². The number of carbonyl (C=O) groups excluding carboxylic acids is 2. The minimum Gasteiger partial charge on any atom is -0.486 e. The van der Waals surface area contributed by atoms with E-state index >= 15 is 0 Å². The molecule has 98 valence electrons. The van der Waals surface area contributed by atoms with Crippen LogP contribution in [0.2, 0.25) is 0 Å². The standard InChI is InChI=1S/C14H18O4/c1-3-17-14(16)9-6-12(15)10-18-13-7-4-11(2)5-8-13/h4-5,7-8H,3,6,9-10H2,1-2H3. The first-order valence-electron chi connectivity index (χ1n) is 5.98.